The molecule has 110 valence electrons. The highest BCUT2D eigenvalue weighted by Gasteiger charge is 2.29. The highest BCUT2D eigenvalue weighted by molar-refractivity contribution is 6.10. The molecule has 0 saturated carbocycles. The minimum Gasteiger partial charge on any atom is -0.378 e. The lowest BCUT2D eigenvalue weighted by Gasteiger charge is -2.23. The van der Waals surface area contributed by atoms with Crippen LogP contribution in [0.3, 0.4) is 0 Å². The lowest BCUT2D eigenvalue weighted by atomic mass is 9.94. The minimum absolute atomic E-state index is 0.00603. The first-order chi connectivity index (χ1) is 10.1. The monoisotopic (exact) mass is 287 g/mol. The Labute approximate surface area is 122 Å². The molecule has 2 aliphatic rings. The van der Waals surface area contributed by atoms with Crippen molar-refractivity contribution in [2.75, 3.05) is 13.7 Å². The summed E-state index contributed by atoms with van der Waals surface area (Å²) in [7, 11) is 1.47. The summed E-state index contributed by atoms with van der Waals surface area (Å²) in [5, 5.41) is 0. The second-order valence-corrected chi connectivity index (χ2v) is 5.57. The summed E-state index contributed by atoms with van der Waals surface area (Å²) < 4.78 is 5.47. The van der Waals surface area contributed by atoms with Crippen molar-refractivity contribution in [2.45, 2.75) is 31.8 Å². The van der Waals surface area contributed by atoms with E-state index in [0.29, 0.717) is 29.7 Å². The third kappa shape index (κ3) is 2.61. The second kappa shape index (κ2) is 5.41. The van der Waals surface area contributed by atoms with Crippen LogP contribution >= 0.6 is 0 Å². The van der Waals surface area contributed by atoms with Crippen molar-refractivity contribution in [3.8, 4) is 0 Å². The van der Waals surface area contributed by atoms with Crippen LogP contribution in [0.4, 0.5) is 0 Å². The molecule has 0 aliphatic carbocycles. The first-order valence-corrected chi connectivity index (χ1v) is 7.15. The molecule has 2 heterocycles. The van der Waals surface area contributed by atoms with Crippen molar-refractivity contribution in [1.82, 2.24) is 4.90 Å². The van der Waals surface area contributed by atoms with E-state index in [-0.39, 0.29) is 30.1 Å². The number of Topliss-reactive ketones (excluding diaryl/α,β-unsaturated/α-hetero) is 1. The van der Waals surface area contributed by atoms with E-state index >= 15 is 0 Å². The Balaban J connectivity index is 1.83. The fourth-order valence-electron chi connectivity index (χ4n) is 2.81. The zero-order valence-corrected chi connectivity index (χ0v) is 11.9. The van der Waals surface area contributed by atoms with Crippen LogP contribution in [-0.4, -0.2) is 42.3 Å². The van der Waals surface area contributed by atoms with E-state index in [1.807, 2.05) is 0 Å². The topological polar surface area (TPSA) is 63.7 Å². The number of ether oxygens (including phenoxy) is 1. The molecule has 1 atom stereocenters. The van der Waals surface area contributed by atoms with Crippen molar-refractivity contribution in [3.63, 3.8) is 0 Å². The second-order valence-electron chi connectivity index (χ2n) is 5.57. The van der Waals surface area contributed by atoms with Gasteiger partial charge in [0.2, 0.25) is 5.91 Å². The number of ketones is 1. The molecule has 0 aromatic heterocycles. The van der Waals surface area contributed by atoms with Crippen LogP contribution in [0.1, 0.15) is 45.5 Å². The van der Waals surface area contributed by atoms with Gasteiger partial charge < -0.3 is 4.74 Å². The van der Waals surface area contributed by atoms with E-state index < -0.39 is 0 Å². The molecule has 0 bridgehead atoms. The van der Waals surface area contributed by atoms with Gasteiger partial charge in [0.05, 0.1) is 12.5 Å². The Morgan fingerprint density at radius 3 is 2.90 bits per heavy atom. The molecule has 1 saturated heterocycles. The molecule has 1 aromatic rings. The van der Waals surface area contributed by atoms with Gasteiger partial charge in [0.25, 0.3) is 5.91 Å². The smallest absolute Gasteiger partial charge is 0.260 e. The predicted octanol–water partition coefficient (Wildman–Crippen LogP) is 1.59. The van der Waals surface area contributed by atoms with E-state index in [4.69, 9.17) is 4.74 Å². The number of hydrogen-bond acceptors (Lipinski definition) is 4. The number of carbonyl (C=O) groups is 3. The molecule has 5 heteroatoms. The number of imide groups is 1. The standard InChI is InChI=1S/C16H17NO4/c1-17-15(19)8-10-4-5-11(7-13(10)16(17)20)14(18)9-12-3-2-6-21-12/h4-5,7,12H,2-3,6,8-9H2,1H3. The molecule has 0 radical (unpaired) electrons. The summed E-state index contributed by atoms with van der Waals surface area (Å²) in [5.74, 6) is -0.573. The Morgan fingerprint density at radius 2 is 2.19 bits per heavy atom. The zero-order valence-electron chi connectivity index (χ0n) is 11.9. The summed E-state index contributed by atoms with van der Waals surface area (Å²) in [4.78, 5) is 37.1. The van der Waals surface area contributed by atoms with Crippen molar-refractivity contribution >= 4 is 17.6 Å². The van der Waals surface area contributed by atoms with Gasteiger partial charge in [-0.25, -0.2) is 0 Å². The Kier molecular flexibility index (Phi) is 3.59. The van der Waals surface area contributed by atoms with Crippen LogP contribution in [0.5, 0.6) is 0 Å². The maximum atomic E-state index is 12.3. The number of nitrogens with zero attached hydrogens (tertiary/aromatic N) is 1. The van der Waals surface area contributed by atoms with E-state index in [0.717, 1.165) is 17.7 Å². The molecule has 1 unspecified atom stereocenters. The molecular formula is C16H17NO4. The average Bonchev–Trinajstić information content (AvgIpc) is 2.97. The lowest BCUT2D eigenvalue weighted by Crippen LogP contribution is -2.39. The molecule has 1 aromatic carbocycles. The highest BCUT2D eigenvalue weighted by atomic mass is 16.5. The fraction of sp³-hybridized carbons (Fsp3) is 0.438. The Hall–Kier alpha value is -2.01. The number of amides is 2. The van der Waals surface area contributed by atoms with E-state index in [9.17, 15) is 14.4 Å². The molecule has 2 aliphatic heterocycles. The van der Waals surface area contributed by atoms with Gasteiger partial charge >= 0.3 is 0 Å². The van der Waals surface area contributed by atoms with E-state index in [1.165, 1.54) is 7.05 Å². The van der Waals surface area contributed by atoms with Gasteiger partial charge in [-0.05, 0) is 24.5 Å². The third-order valence-corrected chi connectivity index (χ3v) is 4.12. The number of likely N-dealkylation sites (N-methyl/N-ethyl adjacent to an activating group) is 1. The maximum absolute atomic E-state index is 12.3. The van der Waals surface area contributed by atoms with Crippen LogP contribution in [0.2, 0.25) is 0 Å². The van der Waals surface area contributed by atoms with Crippen molar-refractivity contribution in [2.24, 2.45) is 0 Å². The Morgan fingerprint density at radius 1 is 1.38 bits per heavy atom. The quantitative estimate of drug-likeness (QED) is 0.625. The van der Waals surface area contributed by atoms with Gasteiger partial charge in [-0.1, -0.05) is 12.1 Å². The third-order valence-electron chi connectivity index (χ3n) is 4.12. The first kappa shape index (κ1) is 13.9. The van der Waals surface area contributed by atoms with Gasteiger partial charge in [-0.3, -0.25) is 19.3 Å². The van der Waals surface area contributed by atoms with Gasteiger partial charge in [0, 0.05) is 31.2 Å². The van der Waals surface area contributed by atoms with Gasteiger partial charge in [-0.2, -0.15) is 0 Å². The average molecular weight is 287 g/mol. The molecule has 21 heavy (non-hydrogen) atoms. The molecule has 3 rings (SSSR count). The molecular weight excluding hydrogens is 270 g/mol. The number of carbonyl (C=O) groups excluding carboxylic acids is 3. The number of fused-ring (bicyclic) bond motifs is 1. The van der Waals surface area contributed by atoms with Crippen molar-refractivity contribution in [1.29, 1.82) is 0 Å². The summed E-state index contributed by atoms with van der Waals surface area (Å²) >= 11 is 0. The first-order valence-electron chi connectivity index (χ1n) is 7.15. The molecule has 5 nitrogen and oxygen atoms in total. The normalized spacial score (nSPS) is 21.6. The van der Waals surface area contributed by atoms with Crippen LogP contribution in [0, 0.1) is 0 Å². The van der Waals surface area contributed by atoms with Crippen LogP contribution in [0.15, 0.2) is 18.2 Å². The summed E-state index contributed by atoms with van der Waals surface area (Å²) in [6.07, 6.45) is 2.45. The summed E-state index contributed by atoms with van der Waals surface area (Å²) in [5.41, 5.74) is 1.66. The summed E-state index contributed by atoms with van der Waals surface area (Å²) in [6.45, 7) is 0.716. The van der Waals surface area contributed by atoms with Crippen LogP contribution in [0.25, 0.3) is 0 Å². The number of benzene rings is 1. The van der Waals surface area contributed by atoms with Gasteiger partial charge in [0.1, 0.15) is 0 Å². The largest absolute Gasteiger partial charge is 0.378 e. The molecule has 0 N–H and O–H groups in total. The van der Waals surface area contributed by atoms with Crippen molar-refractivity contribution < 1.29 is 19.1 Å². The molecule has 2 amide bonds. The van der Waals surface area contributed by atoms with Crippen LogP contribution < -0.4 is 0 Å². The number of hydrogen-bond donors (Lipinski definition) is 0. The molecule has 0 spiro atoms. The lowest BCUT2D eigenvalue weighted by molar-refractivity contribution is -0.127. The van der Waals surface area contributed by atoms with Gasteiger partial charge in [-0.15, -0.1) is 0 Å². The van der Waals surface area contributed by atoms with Gasteiger partial charge in [0.15, 0.2) is 5.78 Å². The minimum atomic E-state index is -0.340. The molecule has 1 fully saturated rings. The predicted molar refractivity (Wildman–Crippen MR) is 75.2 cm³/mol. The maximum Gasteiger partial charge on any atom is 0.260 e. The Bertz CT molecular complexity index is 617. The summed E-state index contributed by atoms with van der Waals surface area (Å²) in [6, 6.07) is 5.01. The number of rotatable bonds is 3. The fourth-order valence-corrected chi connectivity index (χ4v) is 2.81. The van der Waals surface area contributed by atoms with Crippen molar-refractivity contribution in [3.05, 3.63) is 34.9 Å². The van der Waals surface area contributed by atoms with Crippen LogP contribution in [-0.2, 0) is 16.0 Å². The highest BCUT2D eigenvalue weighted by Crippen LogP contribution is 2.23. The SMILES string of the molecule is CN1C(=O)Cc2ccc(C(=O)CC3CCCO3)cc2C1=O. The van der Waals surface area contributed by atoms with E-state index in [1.54, 1.807) is 18.2 Å². The zero-order chi connectivity index (χ0) is 15.0. The van der Waals surface area contributed by atoms with E-state index in [2.05, 4.69) is 0 Å².